The van der Waals surface area contributed by atoms with E-state index < -0.39 is 42.7 Å². The van der Waals surface area contributed by atoms with Crippen LogP contribution >= 0.6 is 0 Å². The van der Waals surface area contributed by atoms with E-state index >= 15 is 0 Å². The minimum atomic E-state index is -1.16. The molecule has 8 unspecified atom stereocenters. The zero-order valence-electron chi connectivity index (χ0n) is 12.4. The lowest BCUT2D eigenvalue weighted by molar-refractivity contribution is -0.221. The molecule has 0 aromatic rings. The van der Waals surface area contributed by atoms with Crippen LogP contribution in [0.15, 0.2) is 0 Å². The van der Waals surface area contributed by atoms with Crippen LogP contribution in [0.2, 0.25) is 0 Å². The van der Waals surface area contributed by atoms with E-state index in [1.807, 2.05) is 0 Å². The van der Waals surface area contributed by atoms with Crippen molar-refractivity contribution in [2.45, 2.75) is 80.9 Å². The summed E-state index contributed by atoms with van der Waals surface area (Å²) in [6, 6.07) is 0. The van der Waals surface area contributed by atoms with Gasteiger partial charge < -0.3 is 35.4 Å². The number of aliphatic hydroxyl groups is 6. The van der Waals surface area contributed by atoms with Crippen molar-refractivity contribution >= 4 is 0 Å². The van der Waals surface area contributed by atoms with Crippen molar-refractivity contribution in [2.24, 2.45) is 11.8 Å². The molecular weight excluding hydrogens is 292 g/mol. The van der Waals surface area contributed by atoms with Gasteiger partial charge in [-0.2, -0.15) is 0 Å². The molecule has 2 aliphatic carbocycles. The molecule has 0 amide bonds. The summed E-state index contributed by atoms with van der Waals surface area (Å²) in [6.07, 6.45) is -4.60. The summed E-state index contributed by atoms with van der Waals surface area (Å²) in [5, 5.41) is 59.5. The van der Waals surface area contributed by atoms with E-state index in [-0.39, 0.29) is 30.8 Å². The van der Waals surface area contributed by atoms with Crippen LogP contribution in [0.25, 0.3) is 0 Å². The number of aliphatic hydroxyl groups excluding tert-OH is 6. The lowest BCUT2D eigenvalue weighted by Gasteiger charge is -2.49. The van der Waals surface area contributed by atoms with Crippen molar-refractivity contribution in [3.63, 3.8) is 0 Å². The van der Waals surface area contributed by atoms with Gasteiger partial charge in [-0.25, -0.2) is 0 Å². The van der Waals surface area contributed by atoms with E-state index in [0.29, 0.717) is 19.3 Å². The first-order chi connectivity index (χ1) is 10.4. The predicted octanol–water partition coefficient (Wildman–Crippen LogP) is -1.87. The first-order valence-electron chi connectivity index (χ1n) is 8.10. The van der Waals surface area contributed by atoms with E-state index in [1.54, 1.807) is 0 Å². The highest BCUT2D eigenvalue weighted by atomic mass is 16.5. The maximum Gasteiger partial charge on any atom is 0.106 e. The minimum Gasteiger partial charge on any atom is -0.393 e. The molecule has 0 aromatic carbocycles. The van der Waals surface area contributed by atoms with Crippen LogP contribution in [-0.2, 0) is 4.74 Å². The smallest absolute Gasteiger partial charge is 0.106 e. The van der Waals surface area contributed by atoms with Crippen LogP contribution in [0, 0.1) is 11.8 Å². The molecule has 3 rings (SSSR count). The van der Waals surface area contributed by atoms with Crippen molar-refractivity contribution in [1.82, 2.24) is 0 Å². The Hall–Kier alpha value is -0.280. The predicted molar refractivity (Wildman–Crippen MR) is 74.8 cm³/mol. The van der Waals surface area contributed by atoms with Crippen molar-refractivity contribution in [2.75, 3.05) is 0 Å². The second-order valence-corrected chi connectivity index (χ2v) is 7.16. The van der Waals surface area contributed by atoms with Crippen molar-refractivity contribution < 1.29 is 35.4 Å². The Labute approximate surface area is 129 Å². The molecule has 22 heavy (non-hydrogen) atoms. The van der Waals surface area contributed by atoms with Gasteiger partial charge in [-0.15, -0.1) is 0 Å². The molecule has 3 fully saturated rings. The Kier molecular flexibility index (Phi) is 4.76. The molecule has 0 aromatic heterocycles. The van der Waals surface area contributed by atoms with Crippen LogP contribution < -0.4 is 0 Å². The third-order valence-corrected chi connectivity index (χ3v) is 5.56. The second kappa shape index (κ2) is 6.32. The summed E-state index contributed by atoms with van der Waals surface area (Å²) in [7, 11) is 0. The fourth-order valence-electron chi connectivity index (χ4n) is 4.36. The molecule has 128 valence electrons. The first kappa shape index (κ1) is 16.6. The van der Waals surface area contributed by atoms with Crippen LogP contribution in [0.5, 0.6) is 0 Å². The molecule has 7 nitrogen and oxygen atoms in total. The molecule has 3 aliphatic rings. The van der Waals surface area contributed by atoms with E-state index in [2.05, 4.69) is 0 Å². The highest BCUT2D eigenvalue weighted by molar-refractivity contribution is 4.98. The standard InChI is InChI=1S/C15H26O7/c16-7-3-9(17)8-5-12(20)15(22-13(8)4-7)6-1-10(18)14(21)11(19)2-6/h6-21H,1-5H2. The molecule has 6 N–H and O–H groups in total. The number of rotatable bonds is 1. The van der Waals surface area contributed by atoms with Gasteiger partial charge in [-0.05, 0) is 38.0 Å². The maximum absolute atomic E-state index is 10.4. The van der Waals surface area contributed by atoms with E-state index in [1.165, 1.54) is 0 Å². The van der Waals surface area contributed by atoms with Crippen LogP contribution in [-0.4, -0.2) is 79.5 Å². The maximum atomic E-state index is 10.4. The fourth-order valence-corrected chi connectivity index (χ4v) is 4.36. The van der Waals surface area contributed by atoms with Crippen molar-refractivity contribution in [3.05, 3.63) is 0 Å². The summed E-state index contributed by atoms with van der Waals surface area (Å²) < 4.78 is 5.94. The minimum absolute atomic E-state index is 0.196. The summed E-state index contributed by atoms with van der Waals surface area (Å²) in [5.41, 5.74) is 0. The van der Waals surface area contributed by atoms with Gasteiger partial charge in [-0.1, -0.05) is 0 Å². The molecule has 0 radical (unpaired) electrons. The molecule has 0 bridgehead atoms. The van der Waals surface area contributed by atoms with E-state index in [9.17, 15) is 30.6 Å². The number of hydrogen-bond donors (Lipinski definition) is 6. The van der Waals surface area contributed by atoms with Gasteiger partial charge in [0.1, 0.15) is 6.10 Å². The first-order valence-corrected chi connectivity index (χ1v) is 8.10. The summed E-state index contributed by atoms with van der Waals surface area (Å²) in [5.74, 6) is -0.459. The molecule has 7 heteroatoms. The summed E-state index contributed by atoms with van der Waals surface area (Å²) in [4.78, 5) is 0. The average Bonchev–Trinajstić information content (AvgIpc) is 2.44. The zero-order valence-corrected chi connectivity index (χ0v) is 12.4. The molecule has 8 atom stereocenters. The van der Waals surface area contributed by atoms with Gasteiger partial charge in [-0.3, -0.25) is 0 Å². The Morgan fingerprint density at radius 3 is 1.91 bits per heavy atom. The molecule has 2 saturated carbocycles. The number of ether oxygens (including phenoxy) is 1. The van der Waals surface area contributed by atoms with Crippen LogP contribution in [0.3, 0.4) is 0 Å². The molecule has 1 saturated heterocycles. The van der Waals surface area contributed by atoms with Crippen molar-refractivity contribution in [1.29, 1.82) is 0 Å². The normalized spacial score (nSPS) is 56.5. The lowest BCUT2D eigenvalue weighted by Crippen LogP contribution is -2.57. The Morgan fingerprint density at radius 2 is 1.27 bits per heavy atom. The average molecular weight is 318 g/mol. The molecule has 1 aliphatic heterocycles. The monoisotopic (exact) mass is 318 g/mol. The van der Waals surface area contributed by atoms with Crippen molar-refractivity contribution in [3.8, 4) is 0 Å². The highest BCUT2D eigenvalue weighted by Gasteiger charge is 2.48. The largest absolute Gasteiger partial charge is 0.393 e. The van der Waals surface area contributed by atoms with Crippen LogP contribution in [0.4, 0.5) is 0 Å². The fraction of sp³-hybridized carbons (Fsp3) is 1.00. The van der Waals surface area contributed by atoms with Gasteiger partial charge in [0, 0.05) is 5.92 Å². The van der Waals surface area contributed by atoms with Gasteiger partial charge in [0.15, 0.2) is 0 Å². The molecule has 1 heterocycles. The van der Waals surface area contributed by atoms with E-state index in [4.69, 9.17) is 4.74 Å². The summed E-state index contributed by atoms with van der Waals surface area (Å²) in [6.45, 7) is 0. The van der Waals surface area contributed by atoms with E-state index in [0.717, 1.165) is 0 Å². The van der Waals surface area contributed by atoms with Gasteiger partial charge >= 0.3 is 0 Å². The number of fused-ring (bicyclic) bond motifs is 1. The Morgan fingerprint density at radius 1 is 0.636 bits per heavy atom. The van der Waals surface area contributed by atoms with Gasteiger partial charge in [0.05, 0.1) is 42.7 Å². The molecular formula is C15H26O7. The Bertz CT molecular complexity index is 380. The second-order valence-electron chi connectivity index (χ2n) is 7.16. The summed E-state index contributed by atoms with van der Waals surface area (Å²) >= 11 is 0. The topological polar surface area (TPSA) is 131 Å². The quantitative estimate of drug-likeness (QED) is 0.334. The third kappa shape index (κ3) is 3.03. The highest BCUT2D eigenvalue weighted by Crippen LogP contribution is 2.41. The SMILES string of the molecule is OC1CC(O)C2CC(O)C(C3CC(O)C(O)C(O)C3)OC2C1. The van der Waals surface area contributed by atoms with Gasteiger partial charge in [0.25, 0.3) is 0 Å². The molecule has 0 spiro atoms. The van der Waals surface area contributed by atoms with Gasteiger partial charge in [0.2, 0.25) is 0 Å². The Balaban J connectivity index is 1.70. The third-order valence-electron chi connectivity index (χ3n) is 5.56. The zero-order chi connectivity index (χ0) is 16.0. The number of hydrogen-bond acceptors (Lipinski definition) is 7. The van der Waals surface area contributed by atoms with Crippen LogP contribution in [0.1, 0.15) is 32.1 Å². The lowest BCUT2D eigenvalue weighted by atomic mass is 9.72.